The third-order valence-corrected chi connectivity index (χ3v) is 3.66. The number of aromatic nitrogens is 2. The van der Waals surface area contributed by atoms with Crippen molar-refractivity contribution in [2.75, 3.05) is 13.1 Å². The van der Waals surface area contributed by atoms with E-state index in [-0.39, 0.29) is 12.1 Å². The lowest BCUT2D eigenvalue weighted by molar-refractivity contribution is -0.00747. The first-order chi connectivity index (χ1) is 9.26. The standard InChI is InChI=1S/C13H20IN3O3/c1-13(2,3)20-12(19)16-5-4-11(18)10(8-16)17-7-9(14)6-15-17/h6-7,10-11,18H,4-5,8H2,1-3H3. The van der Waals surface area contributed by atoms with Gasteiger partial charge < -0.3 is 14.7 Å². The number of piperidine rings is 1. The lowest BCUT2D eigenvalue weighted by Crippen LogP contribution is -2.48. The number of hydrogen-bond acceptors (Lipinski definition) is 4. The van der Waals surface area contributed by atoms with Crippen molar-refractivity contribution in [2.45, 2.75) is 44.9 Å². The maximum Gasteiger partial charge on any atom is 0.410 e. The van der Waals surface area contributed by atoms with Gasteiger partial charge in [-0.25, -0.2) is 4.79 Å². The van der Waals surface area contributed by atoms with Crippen LogP contribution in [-0.4, -0.2) is 50.7 Å². The quantitative estimate of drug-likeness (QED) is 0.742. The van der Waals surface area contributed by atoms with Crippen molar-refractivity contribution in [3.05, 3.63) is 16.0 Å². The Morgan fingerprint density at radius 1 is 1.55 bits per heavy atom. The second-order valence-corrected chi connectivity index (χ2v) is 7.23. The molecule has 2 heterocycles. The van der Waals surface area contributed by atoms with E-state index in [2.05, 4.69) is 27.7 Å². The summed E-state index contributed by atoms with van der Waals surface area (Å²) in [5.74, 6) is 0. The molecule has 1 aromatic rings. The minimum atomic E-state index is -0.510. The summed E-state index contributed by atoms with van der Waals surface area (Å²) in [5, 5.41) is 14.4. The Balaban J connectivity index is 2.06. The van der Waals surface area contributed by atoms with E-state index in [0.29, 0.717) is 19.5 Å². The van der Waals surface area contributed by atoms with E-state index in [0.717, 1.165) is 3.57 Å². The molecule has 2 unspecified atom stereocenters. The van der Waals surface area contributed by atoms with E-state index in [4.69, 9.17) is 4.74 Å². The van der Waals surface area contributed by atoms with E-state index < -0.39 is 11.7 Å². The van der Waals surface area contributed by atoms with Gasteiger partial charge in [0, 0.05) is 19.3 Å². The predicted molar refractivity (Wildman–Crippen MR) is 82.4 cm³/mol. The number of halogens is 1. The summed E-state index contributed by atoms with van der Waals surface area (Å²) < 4.78 is 8.11. The zero-order valence-electron chi connectivity index (χ0n) is 11.9. The van der Waals surface area contributed by atoms with Crippen LogP contribution in [0, 0.1) is 3.57 Å². The van der Waals surface area contributed by atoms with Gasteiger partial charge in [0.15, 0.2) is 0 Å². The minimum Gasteiger partial charge on any atom is -0.444 e. The SMILES string of the molecule is CC(C)(C)OC(=O)N1CCC(O)C(n2cc(I)cn2)C1. The van der Waals surface area contributed by atoms with E-state index in [1.165, 1.54) is 0 Å². The van der Waals surface area contributed by atoms with Gasteiger partial charge in [-0.3, -0.25) is 4.68 Å². The number of likely N-dealkylation sites (tertiary alicyclic amines) is 1. The molecule has 112 valence electrons. The molecule has 0 spiro atoms. The summed E-state index contributed by atoms with van der Waals surface area (Å²) in [5.41, 5.74) is -0.510. The minimum absolute atomic E-state index is 0.222. The van der Waals surface area contributed by atoms with Crippen molar-refractivity contribution in [3.8, 4) is 0 Å². The molecule has 6 nitrogen and oxygen atoms in total. The summed E-state index contributed by atoms with van der Waals surface area (Å²) in [4.78, 5) is 13.7. The molecule has 1 aromatic heterocycles. The Bertz CT molecular complexity index is 483. The van der Waals surface area contributed by atoms with Crippen LogP contribution < -0.4 is 0 Å². The van der Waals surface area contributed by atoms with Crippen molar-refractivity contribution in [1.29, 1.82) is 0 Å². The summed E-state index contributed by atoms with van der Waals surface area (Å²) >= 11 is 2.17. The predicted octanol–water partition coefficient (Wildman–Crippen LogP) is 2.03. The Hall–Kier alpha value is -0.830. The van der Waals surface area contributed by atoms with Crippen molar-refractivity contribution in [3.63, 3.8) is 0 Å². The van der Waals surface area contributed by atoms with Crippen molar-refractivity contribution >= 4 is 28.7 Å². The van der Waals surface area contributed by atoms with Gasteiger partial charge in [-0.05, 0) is 49.8 Å². The Labute approximate surface area is 132 Å². The number of hydrogen-bond donors (Lipinski definition) is 1. The second-order valence-electron chi connectivity index (χ2n) is 5.99. The molecule has 2 atom stereocenters. The van der Waals surface area contributed by atoms with Gasteiger partial charge in [0.1, 0.15) is 5.60 Å². The molecule has 1 fully saturated rings. The van der Waals surface area contributed by atoms with Gasteiger partial charge >= 0.3 is 6.09 Å². The third-order valence-electron chi connectivity index (χ3n) is 3.11. The molecule has 1 aliphatic rings. The number of carbonyl (C=O) groups is 1. The second kappa shape index (κ2) is 5.88. The maximum absolute atomic E-state index is 12.1. The molecular formula is C13H20IN3O3. The molecule has 0 saturated carbocycles. The van der Waals surface area contributed by atoms with E-state index in [1.807, 2.05) is 27.0 Å². The first-order valence-corrected chi connectivity index (χ1v) is 7.70. The van der Waals surface area contributed by atoms with Crippen LogP contribution in [0.4, 0.5) is 4.79 Å². The summed E-state index contributed by atoms with van der Waals surface area (Å²) in [7, 11) is 0. The van der Waals surface area contributed by atoms with Gasteiger partial charge in [-0.15, -0.1) is 0 Å². The molecule has 0 bridgehead atoms. The monoisotopic (exact) mass is 393 g/mol. The van der Waals surface area contributed by atoms with Gasteiger partial charge in [-0.2, -0.15) is 5.10 Å². The van der Waals surface area contributed by atoms with Crippen LogP contribution >= 0.6 is 22.6 Å². The molecule has 0 radical (unpaired) electrons. The van der Waals surface area contributed by atoms with E-state index in [1.54, 1.807) is 15.8 Å². The lowest BCUT2D eigenvalue weighted by Gasteiger charge is -2.36. The zero-order chi connectivity index (χ0) is 14.9. The fourth-order valence-corrected chi connectivity index (χ4v) is 2.58. The number of carbonyl (C=O) groups excluding carboxylic acids is 1. The normalized spacial score (nSPS) is 23.8. The van der Waals surface area contributed by atoms with Gasteiger partial charge in [0.2, 0.25) is 0 Å². The highest BCUT2D eigenvalue weighted by molar-refractivity contribution is 14.1. The number of aliphatic hydroxyl groups is 1. The van der Waals surface area contributed by atoms with E-state index in [9.17, 15) is 9.90 Å². The zero-order valence-corrected chi connectivity index (χ0v) is 14.1. The first-order valence-electron chi connectivity index (χ1n) is 6.62. The number of aliphatic hydroxyl groups excluding tert-OH is 1. The molecule has 1 saturated heterocycles. The third kappa shape index (κ3) is 3.85. The summed E-state index contributed by atoms with van der Waals surface area (Å²) in [6.45, 7) is 6.45. The molecular weight excluding hydrogens is 373 g/mol. The highest BCUT2D eigenvalue weighted by Gasteiger charge is 2.33. The van der Waals surface area contributed by atoms with Gasteiger partial charge in [0.25, 0.3) is 0 Å². The highest BCUT2D eigenvalue weighted by Crippen LogP contribution is 2.23. The van der Waals surface area contributed by atoms with Crippen molar-refractivity contribution < 1.29 is 14.6 Å². The number of amides is 1. The number of ether oxygens (including phenoxy) is 1. The van der Waals surface area contributed by atoms with E-state index >= 15 is 0 Å². The lowest BCUT2D eigenvalue weighted by atomic mass is 10.0. The fourth-order valence-electron chi connectivity index (χ4n) is 2.17. The molecule has 1 amide bonds. The number of rotatable bonds is 1. The average molecular weight is 393 g/mol. The first kappa shape index (κ1) is 15.6. The smallest absolute Gasteiger partial charge is 0.410 e. The number of nitrogens with zero attached hydrogens (tertiary/aromatic N) is 3. The van der Waals surface area contributed by atoms with Crippen molar-refractivity contribution in [1.82, 2.24) is 14.7 Å². The van der Waals surface area contributed by atoms with Crippen LogP contribution in [-0.2, 0) is 4.74 Å². The van der Waals surface area contributed by atoms with Gasteiger partial charge in [0.05, 0.1) is 21.9 Å². The fraction of sp³-hybridized carbons (Fsp3) is 0.692. The molecule has 0 aliphatic carbocycles. The largest absolute Gasteiger partial charge is 0.444 e. The van der Waals surface area contributed by atoms with Crippen LogP contribution in [0.2, 0.25) is 0 Å². The van der Waals surface area contributed by atoms with Crippen molar-refractivity contribution in [2.24, 2.45) is 0 Å². The molecule has 20 heavy (non-hydrogen) atoms. The molecule has 1 aliphatic heterocycles. The highest BCUT2D eigenvalue weighted by atomic mass is 127. The molecule has 0 aromatic carbocycles. The molecule has 1 N–H and O–H groups in total. The topological polar surface area (TPSA) is 67.6 Å². The Morgan fingerprint density at radius 2 is 2.25 bits per heavy atom. The van der Waals surface area contributed by atoms with Crippen LogP contribution in [0.25, 0.3) is 0 Å². The van der Waals surface area contributed by atoms with Crippen LogP contribution in [0.15, 0.2) is 12.4 Å². The Kier molecular flexibility index (Phi) is 4.58. The Morgan fingerprint density at radius 3 is 2.80 bits per heavy atom. The van der Waals surface area contributed by atoms with Crippen LogP contribution in [0.1, 0.15) is 33.2 Å². The van der Waals surface area contributed by atoms with Crippen LogP contribution in [0.5, 0.6) is 0 Å². The average Bonchev–Trinajstić information content (AvgIpc) is 2.74. The molecule has 7 heteroatoms. The summed E-state index contributed by atoms with van der Waals surface area (Å²) in [6, 6.07) is -0.222. The maximum atomic E-state index is 12.1. The van der Waals surface area contributed by atoms with Crippen LogP contribution in [0.3, 0.4) is 0 Å². The summed E-state index contributed by atoms with van der Waals surface area (Å²) in [6.07, 6.45) is 3.30. The molecule has 2 rings (SSSR count). The van der Waals surface area contributed by atoms with Gasteiger partial charge in [-0.1, -0.05) is 0 Å².